The normalized spacial score (nSPS) is 17.6. The predicted octanol–water partition coefficient (Wildman–Crippen LogP) is 2.70. The van der Waals surface area contributed by atoms with E-state index < -0.39 is 12.0 Å². The summed E-state index contributed by atoms with van der Waals surface area (Å²) in [5.41, 5.74) is 1.21. The molecule has 5 heteroatoms. The van der Waals surface area contributed by atoms with E-state index in [4.69, 9.17) is 0 Å². The summed E-state index contributed by atoms with van der Waals surface area (Å²) in [6, 6.07) is 13.6. The van der Waals surface area contributed by atoms with Gasteiger partial charge in [0.15, 0.2) is 0 Å². The van der Waals surface area contributed by atoms with E-state index >= 15 is 0 Å². The average Bonchev–Trinajstić information content (AvgIpc) is 3.03. The number of piperazine rings is 1. The molecule has 0 unspecified atom stereocenters. The minimum Gasteiger partial charge on any atom is -0.480 e. The monoisotopic (exact) mass is 302 g/mol. The second-order valence-electron chi connectivity index (χ2n) is 5.11. The molecule has 0 spiro atoms. The van der Waals surface area contributed by atoms with Crippen molar-refractivity contribution in [1.29, 1.82) is 0 Å². The first-order chi connectivity index (χ1) is 10.3. The van der Waals surface area contributed by atoms with Crippen LogP contribution in [0.3, 0.4) is 0 Å². The fourth-order valence-corrected chi connectivity index (χ4v) is 3.63. The quantitative estimate of drug-likeness (QED) is 0.943. The van der Waals surface area contributed by atoms with Crippen molar-refractivity contribution < 1.29 is 9.90 Å². The van der Waals surface area contributed by atoms with Crippen LogP contribution in [0.5, 0.6) is 0 Å². The lowest BCUT2D eigenvalue weighted by Gasteiger charge is -2.38. The number of carboxylic acids is 1. The highest BCUT2D eigenvalue weighted by molar-refractivity contribution is 7.10. The zero-order chi connectivity index (χ0) is 14.7. The Morgan fingerprint density at radius 3 is 2.33 bits per heavy atom. The van der Waals surface area contributed by atoms with Crippen LogP contribution in [0.25, 0.3) is 0 Å². The maximum absolute atomic E-state index is 11.6. The zero-order valence-corrected chi connectivity index (χ0v) is 12.5. The first kappa shape index (κ1) is 14.1. The molecule has 3 rings (SSSR count). The number of nitrogens with zero attached hydrogens (tertiary/aromatic N) is 2. The summed E-state index contributed by atoms with van der Waals surface area (Å²) < 4.78 is 0. The molecule has 1 N–H and O–H groups in total. The molecule has 21 heavy (non-hydrogen) atoms. The Balaban J connectivity index is 1.68. The Kier molecular flexibility index (Phi) is 4.22. The van der Waals surface area contributed by atoms with Crippen molar-refractivity contribution in [2.75, 3.05) is 31.1 Å². The number of thiophene rings is 1. The highest BCUT2D eigenvalue weighted by Crippen LogP contribution is 2.27. The van der Waals surface area contributed by atoms with Crippen LogP contribution in [0.1, 0.15) is 10.9 Å². The zero-order valence-electron chi connectivity index (χ0n) is 11.7. The van der Waals surface area contributed by atoms with Crippen LogP contribution in [-0.4, -0.2) is 42.2 Å². The lowest BCUT2D eigenvalue weighted by molar-refractivity contribution is -0.143. The first-order valence-electron chi connectivity index (χ1n) is 7.06. The SMILES string of the molecule is O=C(O)[C@H](c1cccs1)N1CCN(c2ccccc2)CC1. The van der Waals surface area contributed by atoms with Gasteiger partial charge < -0.3 is 10.0 Å². The summed E-state index contributed by atoms with van der Waals surface area (Å²) in [5.74, 6) is -0.759. The van der Waals surface area contributed by atoms with Gasteiger partial charge in [0.1, 0.15) is 6.04 Å². The topological polar surface area (TPSA) is 43.8 Å². The van der Waals surface area contributed by atoms with E-state index in [9.17, 15) is 9.90 Å². The van der Waals surface area contributed by atoms with Crippen LogP contribution < -0.4 is 4.90 Å². The first-order valence-corrected chi connectivity index (χ1v) is 7.94. The van der Waals surface area contributed by atoms with Crippen molar-refractivity contribution in [2.24, 2.45) is 0 Å². The second-order valence-corrected chi connectivity index (χ2v) is 6.09. The fourth-order valence-electron chi connectivity index (χ4n) is 2.78. The van der Waals surface area contributed by atoms with Gasteiger partial charge in [0.2, 0.25) is 0 Å². The maximum Gasteiger partial charge on any atom is 0.326 e. The van der Waals surface area contributed by atoms with Gasteiger partial charge in [0.25, 0.3) is 0 Å². The van der Waals surface area contributed by atoms with Gasteiger partial charge in [-0.05, 0) is 23.6 Å². The van der Waals surface area contributed by atoms with Crippen LogP contribution in [-0.2, 0) is 4.79 Å². The molecule has 1 aromatic heterocycles. The van der Waals surface area contributed by atoms with E-state index in [0.29, 0.717) is 0 Å². The summed E-state index contributed by atoms with van der Waals surface area (Å²) >= 11 is 1.51. The molecule has 2 aromatic rings. The molecule has 1 atom stereocenters. The number of para-hydroxylation sites is 1. The van der Waals surface area contributed by atoms with Crippen LogP contribution in [0.15, 0.2) is 47.8 Å². The van der Waals surface area contributed by atoms with Gasteiger partial charge in [-0.15, -0.1) is 11.3 Å². The van der Waals surface area contributed by atoms with Crippen LogP contribution in [0.4, 0.5) is 5.69 Å². The number of anilines is 1. The van der Waals surface area contributed by atoms with Crippen molar-refractivity contribution in [3.8, 4) is 0 Å². The molecule has 1 aliphatic rings. The number of carbonyl (C=O) groups is 1. The third kappa shape index (κ3) is 3.09. The van der Waals surface area contributed by atoms with Gasteiger partial charge in [0.05, 0.1) is 0 Å². The molecular weight excluding hydrogens is 284 g/mol. The molecular formula is C16H18N2O2S. The fraction of sp³-hybridized carbons (Fsp3) is 0.312. The lowest BCUT2D eigenvalue weighted by Crippen LogP contribution is -2.49. The molecule has 2 heterocycles. The van der Waals surface area contributed by atoms with E-state index in [-0.39, 0.29) is 0 Å². The van der Waals surface area contributed by atoms with E-state index in [0.717, 1.165) is 31.1 Å². The third-order valence-electron chi connectivity index (χ3n) is 3.85. The summed E-state index contributed by atoms with van der Waals surface area (Å²) in [6.07, 6.45) is 0. The molecule has 4 nitrogen and oxygen atoms in total. The maximum atomic E-state index is 11.6. The van der Waals surface area contributed by atoms with Crippen molar-refractivity contribution in [3.05, 3.63) is 52.7 Å². The standard InChI is InChI=1S/C16H18N2O2S/c19-16(20)15(14-7-4-12-21-14)18-10-8-17(9-11-18)13-5-2-1-3-6-13/h1-7,12,15H,8-11H2,(H,19,20)/t15-/m0/s1. The van der Waals surface area contributed by atoms with Crippen molar-refractivity contribution in [1.82, 2.24) is 4.90 Å². The minimum absolute atomic E-state index is 0.511. The molecule has 0 saturated carbocycles. The Morgan fingerprint density at radius 1 is 1.05 bits per heavy atom. The smallest absolute Gasteiger partial charge is 0.326 e. The van der Waals surface area contributed by atoms with Crippen molar-refractivity contribution >= 4 is 23.0 Å². The van der Waals surface area contributed by atoms with E-state index in [1.54, 1.807) is 0 Å². The van der Waals surface area contributed by atoms with Crippen molar-refractivity contribution in [2.45, 2.75) is 6.04 Å². The van der Waals surface area contributed by atoms with E-state index in [2.05, 4.69) is 21.9 Å². The predicted molar refractivity (Wildman–Crippen MR) is 84.9 cm³/mol. The molecule has 1 fully saturated rings. The Labute approximate surface area is 128 Å². The second kappa shape index (κ2) is 6.28. The van der Waals surface area contributed by atoms with Crippen LogP contribution in [0.2, 0.25) is 0 Å². The van der Waals surface area contributed by atoms with Crippen LogP contribution >= 0.6 is 11.3 Å². The Bertz CT molecular complexity index is 578. The number of carboxylic acid groups (broad SMARTS) is 1. The minimum atomic E-state index is -0.759. The Morgan fingerprint density at radius 2 is 1.76 bits per heavy atom. The largest absolute Gasteiger partial charge is 0.480 e. The molecule has 1 aromatic carbocycles. The van der Waals surface area contributed by atoms with Gasteiger partial charge in [0, 0.05) is 36.7 Å². The molecule has 1 saturated heterocycles. The van der Waals surface area contributed by atoms with Crippen molar-refractivity contribution in [3.63, 3.8) is 0 Å². The molecule has 0 radical (unpaired) electrons. The Hall–Kier alpha value is -1.85. The van der Waals surface area contributed by atoms with Gasteiger partial charge in [-0.3, -0.25) is 9.69 Å². The summed E-state index contributed by atoms with van der Waals surface area (Å²) in [6.45, 7) is 3.26. The molecule has 110 valence electrons. The summed E-state index contributed by atoms with van der Waals surface area (Å²) in [4.78, 5) is 16.9. The summed E-state index contributed by atoms with van der Waals surface area (Å²) in [5, 5.41) is 11.5. The van der Waals surface area contributed by atoms with Gasteiger partial charge in [-0.1, -0.05) is 24.3 Å². The van der Waals surface area contributed by atoms with E-state index in [1.807, 2.05) is 35.7 Å². The highest BCUT2D eigenvalue weighted by Gasteiger charge is 2.30. The molecule has 0 aliphatic carbocycles. The van der Waals surface area contributed by atoms with Crippen LogP contribution in [0, 0.1) is 0 Å². The average molecular weight is 302 g/mol. The highest BCUT2D eigenvalue weighted by atomic mass is 32.1. The van der Waals surface area contributed by atoms with E-state index in [1.165, 1.54) is 17.0 Å². The van der Waals surface area contributed by atoms with Gasteiger partial charge in [-0.25, -0.2) is 0 Å². The summed E-state index contributed by atoms with van der Waals surface area (Å²) in [7, 11) is 0. The van der Waals surface area contributed by atoms with Gasteiger partial charge >= 0.3 is 5.97 Å². The number of aliphatic carboxylic acids is 1. The number of hydrogen-bond acceptors (Lipinski definition) is 4. The molecule has 0 amide bonds. The number of benzene rings is 1. The molecule has 0 bridgehead atoms. The lowest BCUT2D eigenvalue weighted by atomic mass is 10.1. The number of hydrogen-bond donors (Lipinski definition) is 1. The molecule has 1 aliphatic heterocycles. The van der Waals surface area contributed by atoms with Gasteiger partial charge in [-0.2, -0.15) is 0 Å². The third-order valence-corrected chi connectivity index (χ3v) is 4.77. The number of rotatable bonds is 4.